The fraction of sp³-hybridized carbons (Fsp3) is 0.158. The number of tetrazole rings is 1. The molecular formula is C19H16ClFN8OS. The Bertz CT molecular complexity index is 1260. The number of thioether (sulfide) groups is 1. The Labute approximate surface area is 185 Å². The van der Waals surface area contributed by atoms with Crippen LogP contribution in [0.25, 0.3) is 11.4 Å². The van der Waals surface area contributed by atoms with Crippen molar-refractivity contribution >= 4 is 35.0 Å². The van der Waals surface area contributed by atoms with Gasteiger partial charge in [-0.3, -0.25) is 9.36 Å². The van der Waals surface area contributed by atoms with Gasteiger partial charge in [0.1, 0.15) is 17.8 Å². The smallest absolute Gasteiger partial charge is 0.234 e. The van der Waals surface area contributed by atoms with Crippen LogP contribution < -0.4 is 5.32 Å². The first-order valence-electron chi connectivity index (χ1n) is 9.06. The lowest BCUT2D eigenvalue weighted by molar-refractivity contribution is -0.113. The largest absolute Gasteiger partial charge is 0.325 e. The summed E-state index contributed by atoms with van der Waals surface area (Å²) in [6.07, 6.45) is 1.56. The molecule has 2 heterocycles. The number of hydrogen-bond acceptors (Lipinski definition) is 7. The highest BCUT2D eigenvalue weighted by molar-refractivity contribution is 7.99. The summed E-state index contributed by atoms with van der Waals surface area (Å²) in [6.45, 7) is 3.57. The van der Waals surface area contributed by atoms with Gasteiger partial charge in [-0.25, -0.2) is 4.39 Å². The highest BCUT2D eigenvalue weighted by Crippen LogP contribution is 2.24. The zero-order valence-electron chi connectivity index (χ0n) is 16.5. The van der Waals surface area contributed by atoms with Crippen molar-refractivity contribution in [1.29, 1.82) is 0 Å². The Morgan fingerprint density at radius 1 is 1.19 bits per heavy atom. The molecule has 0 atom stereocenters. The van der Waals surface area contributed by atoms with E-state index in [2.05, 4.69) is 31.0 Å². The summed E-state index contributed by atoms with van der Waals surface area (Å²) in [5.41, 5.74) is 2.32. The molecule has 0 fully saturated rings. The van der Waals surface area contributed by atoms with Crippen LogP contribution in [0.1, 0.15) is 11.4 Å². The average Bonchev–Trinajstić information content (AvgIpc) is 3.39. The van der Waals surface area contributed by atoms with E-state index in [9.17, 15) is 9.18 Å². The molecule has 0 saturated carbocycles. The summed E-state index contributed by atoms with van der Waals surface area (Å²) in [4.78, 5) is 12.5. The number of aromatic nitrogens is 7. The van der Waals surface area contributed by atoms with Crippen LogP contribution >= 0.6 is 23.4 Å². The van der Waals surface area contributed by atoms with Gasteiger partial charge in [-0.15, -0.1) is 15.3 Å². The summed E-state index contributed by atoms with van der Waals surface area (Å²) in [5, 5.41) is 22.9. The Kier molecular flexibility index (Phi) is 5.96. The van der Waals surface area contributed by atoms with Gasteiger partial charge < -0.3 is 5.32 Å². The molecule has 9 nitrogen and oxygen atoms in total. The molecule has 2 aromatic carbocycles. The quantitative estimate of drug-likeness (QED) is 0.442. The van der Waals surface area contributed by atoms with Gasteiger partial charge in [0.15, 0.2) is 11.0 Å². The standard InChI is InChI=1S/C19H16ClFN8OS/c1-11-3-5-14(8-15(11)20)28-10-22-25-19(28)31-9-18(30)23-13-4-6-16(21)17(7-13)29-12(2)24-26-27-29/h3-8,10H,9H2,1-2H3,(H,23,30). The van der Waals surface area contributed by atoms with E-state index in [1.165, 1.54) is 34.6 Å². The predicted octanol–water partition coefficient (Wildman–Crippen LogP) is 3.38. The van der Waals surface area contributed by atoms with E-state index in [0.717, 1.165) is 11.3 Å². The van der Waals surface area contributed by atoms with Crippen molar-refractivity contribution in [2.24, 2.45) is 0 Å². The maximum atomic E-state index is 14.2. The third kappa shape index (κ3) is 4.57. The lowest BCUT2D eigenvalue weighted by Crippen LogP contribution is -2.15. The van der Waals surface area contributed by atoms with Crippen LogP contribution in [0.5, 0.6) is 0 Å². The minimum atomic E-state index is -0.507. The molecule has 0 spiro atoms. The molecule has 0 radical (unpaired) electrons. The van der Waals surface area contributed by atoms with Crippen LogP contribution in [0.15, 0.2) is 47.9 Å². The van der Waals surface area contributed by atoms with Crippen LogP contribution in [0.3, 0.4) is 0 Å². The zero-order chi connectivity index (χ0) is 22.0. The Balaban J connectivity index is 1.45. The van der Waals surface area contributed by atoms with Gasteiger partial charge in [0, 0.05) is 10.7 Å². The van der Waals surface area contributed by atoms with Gasteiger partial charge >= 0.3 is 0 Å². The zero-order valence-corrected chi connectivity index (χ0v) is 18.0. The third-order valence-electron chi connectivity index (χ3n) is 4.37. The molecule has 1 amide bonds. The molecule has 0 saturated heterocycles. The van der Waals surface area contributed by atoms with Crippen molar-refractivity contribution in [3.05, 3.63) is 65.0 Å². The van der Waals surface area contributed by atoms with Crippen molar-refractivity contribution in [2.45, 2.75) is 19.0 Å². The van der Waals surface area contributed by atoms with Gasteiger partial charge in [0.2, 0.25) is 5.91 Å². The number of anilines is 1. The Morgan fingerprint density at radius 2 is 2.03 bits per heavy atom. The minimum absolute atomic E-state index is 0.0783. The minimum Gasteiger partial charge on any atom is -0.325 e. The van der Waals surface area contributed by atoms with E-state index >= 15 is 0 Å². The van der Waals surface area contributed by atoms with E-state index in [1.807, 2.05) is 25.1 Å². The second-order valence-electron chi connectivity index (χ2n) is 6.56. The van der Waals surface area contributed by atoms with Crippen molar-refractivity contribution < 1.29 is 9.18 Å². The van der Waals surface area contributed by atoms with Crippen molar-refractivity contribution in [3.63, 3.8) is 0 Å². The molecule has 158 valence electrons. The first-order valence-corrected chi connectivity index (χ1v) is 10.4. The molecule has 0 bridgehead atoms. The molecule has 0 unspecified atom stereocenters. The number of carbonyl (C=O) groups is 1. The van der Waals surface area contributed by atoms with E-state index in [1.54, 1.807) is 17.8 Å². The summed E-state index contributed by atoms with van der Waals surface area (Å²) in [7, 11) is 0. The van der Waals surface area contributed by atoms with Gasteiger partial charge in [-0.05, 0) is 60.2 Å². The Hall–Kier alpha value is -3.31. The average molecular weight is 459 g/mol. The highest BCUT2D eigenvalue weighted by Gasteiger charge is 2.14. The van der Waals surface area contributed by atoms with Crippen LogP contribution in [0.4, 0.5) is 10.1 Å². The van der Waals surface area contributed by atoms with Crippen LogP contribution in [0.2, 0.25) is 5.02 Å². The normalized spacial score (nSPS) is 11.0. The van der Waals surface area contributed by atoms with E-state index in [-0.39, 0.29) is 17.3 Å². The Morgan fingerprint density at radius 3 is 2.77 bits per heavy atom. The van der Waals surface area contributed by atoms with Crippen LogP contribution in [-0.2, 0) is 4.79 Å². The van der Waals surface area contributed by atoms with Gasteiger partial charge in [0.05, 0.1) is 11.4 Å². The molecular weight excluding hydrogens is 443 g/mol. The van der Waals surface area contributed by atoms with E-state index in [0.29, 0.717) is 21.7 Å². The topological polar surface area (TPSA) is 103 Å². The number of rotatable bonds is 6. The summed E-state index contributed by atoms with van der Waals surface area (Å²) in [5.74, 6) is -0.289. The number of nitrogens with one attached hydrogen (secondary N) is 1. The predicted molar refractivity (Wildman–Crippen MR) is 114 cm³/mol. The molecule has 0 aliphatic carbocycles. The fourth-order valence-corrected chi connectivity index (χ4v) is 3.67. The number of amides is 1. The molecule has 0 aliphatic rings. The monoisotopic (exact) mass is 458 g/mol. The number of hydrogen-bond donors (Lipinski definition) is 1. The van der Waals surface area contributed by atoms with Crippen molar-refractivity contribution in [3.8, 4) is 11.4 Å². The third-order valence-corrected chi connectivity index (χ3v) is 5.72. The van der Waals surface area contributed by atoms with Crippen LogP contribution in [-0.4, -0.2) is 46.6 Å². The van der Waals surface area contributed by atoms with Crippen LogP contribution in [0, 0.1) is 19.7 Å². The molecule has 1 N–H and O–H groups in total. The number of aryl methyl sites for hydroxylation is 2. The molecule has 2 aromatic heterocycles. The number of benzene rings is 2. The molecule has 12 heteroatoms. The summed E-state index contributed by atoms with van der Waals surface area (Å²) >= 11 is 7.42. The second kappa shape index (κ2) is 8.82. The van der Waals surface area contributed by atoms with Gasteiger partial charge in [0.25, 0.3) is 0 Å². The van der Waals surface area contributed by atoms with Gasteiger partial charge in [-0.1, -0.05) is 29.4 Å². The lowest BCUT2D eigenvalue weighted by atomic mass is 10.2. The lowest BCUT2D eigenvalue weighted by Gasteiger charge is -2.10. The van der Waals surface area contributed by atoms with E-state index < -0.39 is 5.82 Å². The first kappa shape index (κ1) is 20.9. The summed E-state index contributed by atoms with van der Waals surface area (Å²) in [6, 6.07) is 9.80. The molecule has 0 aliphatic heterocycles. The maximum absolute atomic E-state index is 14.2. The molecule has 4 aromatic rings. The highest BCUT2D eigenvalue weighted by atomic mass is 35.5. The number of carbonyl (C=O) groups excluding carboxylic acids is 1. The van der Waals surface area contributed by atoms with E-state index in [4.69, 9.17) is 11.6 Å². The number of halogens is 2. The summed E-state index contributed by atoms with van der Waals surface area (Å²) < 4.78 is 17.2. The first-order chi connectivity index (χ1) is 14.9. The van der Waals surface area contributed by atoms with Gasteiger partial charge in [-0.2, -0.15) is 4.68 Å². The van der Waals surface area contributed by atoms with Crippen molar-refractivity contribution in [1.82, 2.24) is 35.0 Å². The van der Waals surface area contributed by atoms with Crippen molar-refractivity contribution in [2.75, 3.05) is 11.1 Å². The fourth-order valence-electron chi connectivity index (χ4n) is 2.77. The maximum Gasteiger partial charge on any atom is 0.234 e. The SMILES string of the molecule is Cc1ccc(-n2cnnc2SCC(=O)Nc2ccc(F)c(-n3nnnc3C)c2)cc1Cl. The second-order valence-corrected chi connectivity index (χ2v) is 7.91. The molecule has 31 heavy (non-hydrogen) atoms. The number of nitrogens with zero attached hydrogens (tertiary/aromatic N) is 7. The molecule has 4 rings (SSSR count).